The Labute approximate surface area is 111 Å². The normalized spacial score (nSPS) is 36.2. The van der Waals surface area contributed by atoms with E-state index < -0.39 is 0 Å². The lowest BCUT2D eigenvalue weighted by Crippen LogP contribution is -2.53. The van der Waals surface area contributed by atoms with Gasteiger partial charge in [0, 0.05) is 31.5 Å². The number of hydrogen-bond acceptors (Lipinski definition) is 3. The lowest BCUT2D eigenvalue weighted by molar-refractivity contribution is -0.0295. The molecule has 19 heavy (non-hydrogen) atoms. The molecule has 0 N–H and O–H groups in total. The molecule has 0 saturated carbocycles. The van der Waals surface area contributed by atoms with Crippen molar-refractivity contribution in [3.63, 3.8) is 0 Å². The van der Waals surface area contributed by atoms with Crippen molar-refractivity contribution in [2.75, 3.05) is 19.6 Å². The third-order valence-corrected chi connectivity index (χ3v) is 4.88. The van der Waals surface area contributed by atoms with E-state index in [-0.39, 0.29) is 17.2 Å². The average Bonchev–Trinajstić information content (AvgIpc) is 2.79. The molecule has 4 rings (SSSR count). The molecule has 0 aromatic heterocycles. The van der Waals surface area contributed by atoms with Crippen molar-refractivity contribution in [1.29, 1.82) is 0 Å². The summed E-state index contributed by atoms with van der Waals surface area (Å²) in [6.45, 7) is 3.09. The number of Topliss-reactive ketones (excluding diaryl/α,β-unsaturated/α-hetero) is 1. The van der Waals surface area contributed by atoms with Crippen molar-refractivity contribution in [3.05, 3.63) is 29.6 Å². The molecule has 2 fully saturated rings. The van der Waals surface area contributed by atoms with Gasteiger partial charge in [0.25, 0.3) is 0 Å². The van der Waals surface area contributed by atoms with Gasteiger partial charge in [-0.25, -0.2) is 4.39 Å². The molecule has 3 unspecified atom stereocenters. The van der Waals surface area contributed by atoms with Gasteiger partial charge in [-0.1, -0.05) is 0 Å². The number of carbonyl (C=O) groups is 1. The summed E-state index contributed by atoms with van der Waals surface area (Å²) in [5.41, 5.74) is 0.151. The number of hydrogen-bond donors (Lipinski definition) is 0. The Balaban J connectivity index is 1.75. The van der Waals surface area contributed by atoms with Crippen LogP contribution in [-0.4, -0.2) is 35.9 Å². The molecular weight excluding hydrogens is 245 g/mol. The topological polar surface area (TPSA) is 29.5 Å². The molecule has 3 atom stereocenters. The number of ketones is 1. The first-order valence-corrected chi connectivity index (χ1v) is 6.90. The van der Waals surface area contributed by atoms with E-state index in [2.05, 4.69) is 4.90 Å². The Morgan fingerprint density at radius 3 is 3.16 bits per heavy atom. The second kappa shape index (κ2) is 3.79. The van der Waals surface area contributed by atoms with E-state index in [0.717, 1.165) is 32.5 Å². The zero-order valence-corrected chi connectivity index (χ0v) is 10.7. The predicted octanol–water partition coefficient (Wildman–Crippen LogP) is 2.26. The lowest BCUT2D eigenvalue weighted by atomic mass is 9.76. The maximum atomic E-state index is 13.4. The molecule has 3 aliphatic rings. The quantitative estimate of drug-likeness (QED) is 0.717. The van der Waals surface area contributed by atoms with Crippen molar-refractivity contribution in [3.8, 4) is 5.75 Å². The van der Waals surface area contributed by atoms with Gasteiger partial charge in [-0.2, -0.15) is 0 Å². The van der Waals surface area contributed by atoms with E-state index in [1.165, 1.54) is 12.1 Å². The maximum Gasteiger partial charge on any atom is 0.170 e. The molecule has 3 heterocycles. The molecular formula is C15H16FNO2. The fourth-order valence-electron chi connectivity index (χ4n) is 3.82. The highest BCUT2D eigenvalue weighted by atomic mass is 19.1. The number of piperidine rings is 1. The number of ether oxygens (including phenoxy) is 1. The fraction of sp³-hybridized carbons (Fsp3) is 0.533. The van der Waals surface area contributed by atoms with Crippen LogP contribution in [0, 0.1) is 11.7 Å². The maximum absolute atomic E-state index is 13.4. The number of carbonyl (C=O) groups excluding carboxylic acids is 1. The highest BCUT2D eigenvalue weighted by molar-refractivity contribution is 6.00. The van der Waals surface area contributed by atoms with Crippen LogP contribution in [0.1, 0.15) is 29.6 Å². The Morgan fingerprint density at radius 1 is 1.37 bits per heavy atom. The molecule has 1 spiro atoms. The van der Waals surface area contributed by atoms with Gasteiger partial charge in [-0.15, -0.1) is 0 Å². The van der Waals surface area contributed by atoms with E-state index in [1.807, 2.05) is 0 Å². The summed E-state index contributed by atoms with van der Waals surface area (Å²) in [4.78, 5) is 14.8. The van der Waals surface area contributed by atoms with Crippen LogP contribution in [0.25, 0.3) is 0 Å². The Morgan fingerprint density at radius 2 is 2.26 bits per heavy atom. The van der Waals surface area contributed by atoms with Crippen molar-refractivity contribution >= 4 is 5.78 Å². The predicted molar refractivity (Wildman–Crippen MR) is 67.9 cm³/mol. The van der Waals surface area contributed by atoms with Crippen molar-refractivity contribution < 1.29 is 13.9 Å². The lowest BCUT2D eigenvalue weighted by Gasteiger charge is -2.45. The molecule has 1 aromatic carbocycles. The molecule has 1 aromatic rings. The summed E-state index contributed by atoms with van der Waals surface area (Å²) in [6, 6.07) is 4.23. The number of fused-ring (bicyclic) bond motifs is 4. The van der Waals surface area contributed by atoms with Crippen molar-refractivity contribution in [1.82, 2.24) is 4.90 Å². The number of halogens is 1. The Bertz CT molecular complexity index is 559. The Kier molecular flexibility index (Phi) is 2.28. The molecule has 100 valence electrons. The minimum Gasteiger partial charge on any atom is -0.486 e. The highest BCUT2D eigenvalue weighted by Crippen LogP contribution is 2.45. The third-order valence-electron chi connectivity index (χ3n) is 4.88. The summed E-state index contributed by atoms with van der Waals surface area (Å²) in [5, 5.41) is 0. The second-order valence-corrected chi connectivity index (χ2v) is 5.94. The van der Waals surface area contributed by atoms with Crippen LogP contribution in [0.4, 0.5) is 4.39 Å². The molecule has 0 radical (unpaired) electrons. The smallest absolute Gasteiger partial charge is 0.170 e. The summed E-state index contributed by atoms with van der Waals surface area (Å²) >= 11 is 0. The van der Waals surface area contributed by atoms with Gasteiger partial charge in [0.15, 0.2) is 5.78 Å². The molecule has 0 amide bonds. The van der Waals surface area contributed by atoms with Gasteiger partial charge in [-0.3, -0.25) is 4.79 Å². The number of rotatable bonds is 0. The van der Waals surface area contributed by atoms with Crippen LogP contribution in [0.5, 0.6) is 5.75 Å². The van der Waals surface area contributed by atoms with E-state index in [0.29, 0.717) is 23.7 Å². The van der Waals surface area contributed by atoms with Gasteiger partial charge < -0.3 is 9.64 Å². The molecule has 2 bridgehead atoms. The monoisotopic (exact) mass is 261 g/mol. The number of nitrogens with zero attached hydrogens (tertiary/aromatic N) is 1. The van der Waals surface area contributed by atoms with Crippen LogP contribution in [-0.2, 0) is 0 Å². The molecule has 4 heteroatoms. The zero-order chi connectivity index (χ0) is 13.0. The van der Waals surface area contributed by atoms with Crippen molar-refractivity contribution in [2.45, 2.75) is 24.9 Å². The summed E-state index contributed by atoms with van der Waals surface area (Å²) in [7, 11) is 0. The van der Waals surface area contributed by atoms with Crippen LogP contribution in [0.3, 0.4) is 0 Å². The van der Waals surface area contributed by atoms with Gasteiger partial charge >= 0.3 is 0 Å². The van der Waals surface area contributed by atoms with E-state index in [9.17, 15) is 9.18 Å². The van der Waals surface area contributed by atoms with Crippen LogP contribution in [0.2, 0.25) is 0 Å². The summed E-state index contributed by atoms with van der Waals surface area (Å²) < 4.78 is 19.5. The van der Waals surface area contributed by atoms with Gasteiger partial charge in [0.2, 0.25) is 0 Å². The first-order valence-electron chi connectivity index (χ1n) is 6.90. The van der Waals surface area contributed by atoms with Crippen LogP contribution < -0.4 is 4.74 Å². The minimum absolute atomic E-state index is 0.0987. The van der Waals surface area contributed by atoms with Gasteiger partial charge in [0.05, 0.1) is 12.0 Å². The van der Waals surface area contributed by atoms with E-state index in [4.69, 9.17) is 4.74 Å². The first kappa shape index (κ1) is 11.4. The second-order valence-electron chi connectivity index (χ2n) is 5.94. The SMILES string of the molecule is O=C1CC2(CCN3CCC2C3)Oc2cc(F)ccc21. The van der Waals surface area contributed by atoms with Crippen LogP contribution >= 0.6 is 0 Å². The van der Waals surface area contributed by atoms with E-state index in [1.54, 1.807) is 6.07 Å². The van der Waals surface area contributed by atoms with Gasteiger partial charge in [-0.05, 0) is 25.1 Å². The summed E-state index contributed by atoms with van der Waals surface area (Å²) in [6.07, 6.45) is 2.40. The fourth-order valence-corrected chi connectivity index (χ4v) is 3.82. The standard InChI is InChI=1S/C15H16FNO2/c16-11-1-2-12-13(18)8-15(19-14(12)7-11)4-6-17-5-3-10(15)9-17/h1-2,7,10H,3-6,8-9H2. The summed E-state index contributed by atoms with van der Waals surface area (Å²) in [5.74, 6) is 0.604. The van der Waals surface area contributed by atoms with Gasteiger partial charge in [0.1, 0.15) is 17.2 Å². The highest BCUT2D eigenvalue weighted by Gasteiger charge is 2.51. The van der Waals surface area contributed by atoms with Crippen molar-refractivity contribution in [2.24, 2.45) is 5.92 Å². The third kappa shape index (κ3) is 1.62. The first-order chi connectivity index (χ1) is 9.16. The zero-order valence-electron chi connectivity index (χ0n) is 10.7. The average molecular weight is 261 g/mol. The molecule has 2 saturated heterocycles. The number of benzene rings is 1. The molecule has 3 aliphatic heterocycles. The largest absolute Gasteiger partial charge is 0.486 e. The van der Waals surface area contributed by atoms with E-state index >= 15 is 0 Å². The Hall–Kier alpha value is -1.42. The minimum atomic E-state index is -0.384. The molecule has 0 aliphatic carbocycles. The molecule has 3 nitrogen and oxygen atoms in total. The van der Waals surface area contributed by atoms with Crippen LogP contribution in [0.15, 0.2) is 18.2 Å².